The molecule has 2 aromatic heterocycles. The molecule has 4 rings (SSSR count). The summed E-state index contributed by atoms with van der Waals surface area (Å²) in [4.78, 5) is 18.7. The second-order valence-corrected chi connectivity index (χ2v) is 9.57. The van der Waals surface area contributed by atoms with E-state index in [2.05, 4.69) is 52.2 Å². The molecule has 37 heavy (non-hydrogen) atoms. The number of amides is 1. The third-order valence-electron chi connectivity index (χ3n) is 5.58. The van der Waals surface area contributed by atoms with Crippen molar-refractivity contribution in [3.8, 4) is 5.75 Å². The van der Waals surface area contributed by atoms with Crippen LogP contribution in [0.3, 0.4) is 0 Å². The molecule has 5 nitrogen and oxygen atoms in total. The lowest BCUT2D eigenvalue weighted by Crippen LogP contribution is -2.25. The van der Waals surface area contributed by atoms with E-state index in [-0.39, 0.29) is 29.0 Å². The van der Waals surface area contributed by atoms with Gasteiger partial charge in [-0.3, -0.25) is 9.78 Å². The Bertz CT molecular complexity index is 1240. The first-order valence-corrected chi connectivity index (χ1v) is 13.1. The van der Waals surface area contributed by atoms with Crippen LogP contribution in [0.4, 0.5) is 13.2 Å². The molecule has 1 aliphatic rings. The van der Waals surface area contributed by atoms with Crippen LogP contribution in [-0.4, -0.2) is 35.5 Å². The maximum Gasteiger partial charge on any atom is 0.387 e. The lowest BCUT2D eigenvalue weighted by molar-refractivity contribution is -0.127. The molecular weight excluding hydrogens is 549 g/mol. The van der Waals surface area contributed by atoms with E-state index in [1.165, 1.54) is 13.0 Å². The van der Waals surface area contributed by atoms with Crippen molar-refractivity contribution in [3.05, 3.63) is 59.1 Å². The number of carbonyl (C=O) groups excluding carboxylic acids is 1. The largest absolute Gasteiger partial charge is 0.452 e. The first kappa shape index (κ1) is 30.4. The van der Waals surface area contributed by atoms with Crippen molar-refractivity contribution in [2.75, 3.05) is 13.1 Å². The molecule has 1 fully saturated rings. The highest BCUT2D eigenvalue weighted by molar-refractivity contribution is 9.11. The molecule has 0 N–H and O–H groups in total. The van der Waals surface area contributed by atoms with E-state index >= 15 is 0 Å². The molecule has 1 atom stereocenters. The van der Waals surface area contributed by atoms with E-state index in [4.69, 9.17) is 4.42 Å². The number of aromatic nitrogens is 1. The van der Waals surface area contributed by atoms with Crippen molar-refractivity contribution < 1.29 is 27.1 Å². The van der Waals surface area contributed by atoms with Crippen LogP contribution in [0.2, 0.25) is 0 Å². The molecular formula is C28H34BrF3N2O3. The summed E-state index contributed by atoms with van der Waals surface area (Å²) < 4.78 is 48.2. The quantitative estimate of drug-likeness (QED) is 0.279. The minimum absolute atomic E-state index is 0.0187. The Morgan fingerprint density at radius 3 is 2.62 bits per heavy atom. The Morgan fingerprint density at radius 2 is 2.00 bits per heavy atom. The zero-order chi connectivity index (χ0) is 27.7. The number of carbonyl (C=O) groups is 1. The van der Waals surface area contributed by atoms with Gasteiger partial charge in [0, 0.05) is 48.6 Å². The van der Waals surface area contributed by atoms with Crippen LogP contribution in [0, 0.1) is 5.92 Å². The smallest absolute Gasteiger partial charge is 0.387 e. The van der Waals surface area contributed by atoms with Gasteiger partial charge in [0.2, 0.25) is 5.91 Å². The van der Waals surface area contributed by atoms with Crippen LogP contribution in [0.1, 0.15) is 58.9 Å². The molecule has 0 radical (unpaired) electrons. The summed E-state index contributed by atoms with van der Waals surface area (Å²) in [6.45, 7) is 10.7. The Morgan fingerprint density at radius 1 is 1.32 bits per heavy atom. The number of benzene rings is 1. The first-order valence-electron chi connectivity index (χ1n) is 12.3. The minimum Gasteiger partial charge on any atom is -0.452 e. The zero-order valence-corrected chi connectivity index (χ0v) is 23.4. The molecule has 202 valence electrons. The molecule has 1 aromatic carbocycles. The molecule has 3 heterocycles. The molecule has 9 heteroatoms. The van der Waals surface area contributed by atoms with E-state index in [0.717, 1.165) is 21.9 Å². The number of rotatable bonds is 7. The third-order valence-corrected chi connectivity index (χ3v) is 6.82. The third kappa shape index (κ3) is 8.09. The van der Waals surface area contributed by atoms with Crippen molar-refractivity contribution in [1.82, 2.24) is 9.88 Å². The lowest BCUT2D eigenvalue weighted by atomic mass is 9.93. The molecule has 1 aliphatic heterocycles. The monoisotopic (exact) mass is 582 g/mol. The number of fused-ring (bicyclic) bond motifs is 3. The average Bonchev–Trinajstić information content (AvgIpc) is 3.41. The van der Waals surface area contributed by atoms with Gasteiger partial charge in [0.15, 0.2) is 11.3 Å². The van der Waals surface area contributed by atoms with Crippen molar-refractivity contribution in [2.45, 2.75) is 60.0 Å². The molecule has 1 unspecified atom stereocenters. The van der Waals surface area contributed by atoms with Crippen LogP contribution in [0.25, 0.3) is 21.9 Å². The number of hydrogen-bond acceptors (Lipinski definition) is 4. The van der Waals surface area contributed by atoms with Gasteiger partial charge in [-0.05, 0) is 41.4 Å². The molecule has 0 spiro atoms. The standard InChI is InChI=1S/C23H23BrF2N2O3.C3H5F.C2H6/c1-13(2)17(24)4-3-9-28-12-14(10-20(28)29)15-5-6-19(31-23(25)26)22-21(15)16-11-27-8-7-18(16)30-22;1-3(2)4;1-2/h4-8,11,13-14,23H,3,9-10,12H2,1-2H3;1H2,2H3;1-2H3/b17-4+;;. The summed E-state index contributed by atoms with van der Waals surface area (Å²) in [5.74, 6) is 0.0854. The SMILES string of the molecule is C=C(C)F.CC.CC(C)/C(Br)=C\CCN1CC(c2ccc(OC(F)F)c3oc4ccncc4c23)CC1=O. The fourth-order valence-electron chi connectivity index (χ4n) is 4.05. The van der Waals surface area contributed by atoms with E-state index in [9.17, 15) is 18.0 Å². The van der Waals surface area contributed by atoms with Gasteiger partial charge in [-0.15, -0.1) is 0 Å². The summed E-state index contributed by atoms with van der Waals surface area (Å²) in [6.07, 6.45) is 6.48. The van der Waals surface area contributed by atoms with Crippen LogP contribution in [0.5, 0.6) is 5.75 Å². The second-order valence-electron chi connectivity index (χ2n) is 8.66. The number of hydrogen-bond donors (Lipinski definition) is 0. The van der Waals surface area contributed by atoms with Gasteiger partial charge < -0.3 is 14.1 Å². The van der Waals surface area contributed by atoms with Gasteiger partial charge in [0.05, 0.1) is 5.83 Å². The van der Waals surface area contributed by atoms with Gasteiger partial charge in [-0.2, -0.15) is 8.78 Å². The highest BCUT2D eigenvalue weighted by Crippen LogP contribution is 2.42. The zero-order valence-electron chi connectivity index (χ0n) is 21.9. The highest BCUT2D eigenvalue weighted by Gasteiger charge is 2.32. The summed E-state index contributed by atoms with van der Waals surface area (Å²) in [5.41, 5.74) is 1.69. The predicted molar refractivity (Wildman–Crippen MR) is 146 cm³/mol. The summed E-state index contributed by atoms with van der Waals surface area (Å²) in [7, 11) is 0. The normalized spacial score (nSPS) is 15.6. The molecule has 3 aromatic rings. The number of allylic oxidation sites excluding steroid dienone is 2. The molecule has 0 aliphatic carbocycles. The summed E-state index contributed by atoms with van der Waals surface area (Å²) in [5, 5.41) is 1.41. The Labute approximate surface area is 224 Å². The van der Waals surface area contributed by atoms with E-state index in [1.54, 1.807) is 24.5 Å². The first-order chi connectivity index (χ1) is 17.6. The lowest BCUT2D eigenvalue weighted by Gasteiger charge is -2.17. The second kappa shape index (κ2) is 14.2. The van der Waals surface area contributed by atoms with Gasteiger partial charge in [-0.1, -0.05) is 62.3 Å². The van der Waals surface area contributed by atoms with E-state index in [1.807, 2.05) is 18.7 Å². The number of ether oxygens (including phenoxy) is 1. The topological polar surface area (TPSA) is 55.6 Å². The fraction of sp³-hybridized carbons (Fsp3) is 0.429. The number of likely N-dealkylation sites (tertiary alicyclic amines) is 1. The van der Waals surface area contributed by atoms with Crippen LogP contribution in [-0.2, 0) is 4.79 Å². The van der Waals surface area contributed by atoms with Crippen LogP contribution < -0.4 is 4.74 Å². The van der Waals surface area contributed by atoms with Crippen LogP contribution in [0.15, 0.2) is 58.0 Å². The molecule has 1 saturated heterocycles. The van der Waals surface area contributed by atoms with E-state index in [0.29, 0.717) is 36.4 Å². The molecule has 1 amide bonds. The highest BCUT2D eigenvalue weighted by atomic mass is 79.9. The maximum atomic E-state index is 12.9. The van der Waals surface area contributed by atoms with Gasteiger partial charge in [0.1, 0.15) is 5.58 Å². The number of alkyl halides is 2. The number of furan rings is 1. The number of halogens is 4. The number of nitrogens with zero attached hydrogens (tertiary/aromatic N) is 2. The van der Waals surface area contributed by atoms with Gasteiger partial charge in [0.25, 0.3) is 0 Å². The summed E-state index contributed by atoms with van der Waals surface area (Å²) >= 11 is 3.56. The van der Waals surface area contributed by atoms with Crippen molar-refractivity contribution >= 4 is 43.8 Å². The minimum atomic E-state index is -2.96. The van der Waals surface area contributed by atoms with Crippen LogP contribution >= 0.6 is 15.9 Å². The van der Waals surface area contributed by atoms with Crippen molar-refractivity contribution in [3.63, 3.8) is 0 Å². The fourth-order valence-corrected chi connectivity index (χ4v) is 4.27. The van der Waals surface area contributed by atoms with Crippen molar-refractivity contribution in [1.29, 1.82) is 0 Å². The van der Waals surface area contributed by atoms with E-state index < -0.39 is 6.61 Å². The predicted octanol–water partition coefficient (Wildman–Crippen LogP) is 8.74. The van der Waals surface area contributed by atoms with Crippen molar-refractivity contribution in [2.24, 2.45) is 5.92 Å². The Kier molecular flexibility index (Phi) is 11.7. The Hall–Kier alpha value is -2.81. The summed E-state index contributed by atoms with van der Waals surface area (Å²) in [6, 6.07) is 4.95. The van der Waals surface area contributed by atoms with Gasteiger partial charge >= 0.3 is 6.61 Å². The number of pyridine rings is 1. The average molecular weight is 583 g/mol. The Balaban J connectivity index is 0.000000733. The maximum absolute atomic E-state index is 12.9. The molecule has 0 saturated carbocycles. The van der Waals surface area contributed by atoms with Gasteiger partial charge in [-0.25, -0.2) is 4.39 Å². The molecule has 0 bridgehead atoms.